The minimum Gasteiger partial charge on any atom is -0.330 e. The van der Waals surface area contributed by atoms with Gasteiger partial charge < -0.3 is 4.57 Å². The highest BCUT2D eigenvalue weighted by Crippen LogP contribution is 2.30. The fourth-order valence-corrected chi connectivity index (χ4v) is 4.89. The Labute approximate surface area is 136 Å². The van der Waals surface area contributed by atoms with Gasteiger partial charge in [0.05, 0.1) is 22.7 Å². The van der Waals surface area contributed by atoms with Crippen LogP contribution in [0.2, 0.25) is 0 Å². The van der Waals surface area contributed by atoms with Gasteiger partial charge in [-0.05, 0) is 46.0 Å². The van der Waals surface area contributed by atoms with Gasteiger partial charge >= 0.3 is 0 Å². The molecule has 2 aliphatic rings. The van der Waals surface area contributed by atoms with Gasteiger partial charge in [0, 0.05) is 36.2 Å². The smallest absolute Gasteiger partial charge is 0.0954 e. The zero-order valence-electron chi connectivity index (χ0n) is 13.5. The molecule has 1 atom stereocenters. The highest BCUT2D eigenvalue weighted by Gasteiger charge is 2.27. The molecule has 22 heavy (non-hydrogen) atoms. The molecule has 4 rings (SSSR count). The molecule has 0 spiro atoms. The van der Waals surface area contributed by atoms with E-state index in [1.807, 2.05) is 11.3 Å². The molecule has 2 aromatic heterocycles. The van der Waals surface area contributed by atoms with Crippen molar-refractivity contribution in [3.8, 4) is 0 Å². The largest absolute Gasteiger partial charge is 0.330 e. The van der Waals surface area contributed by atoms with Crippen LogP contribution in [0.15, 0.2) is 6.33 Å². The van der Waals surface area contributed by atoms with Crippen molar-refractivity contribution < 1.29 is 0 Å². The van der Waals surface area contributed by atoms with Crippen molar-refractivity contribution in [3.63, 3.8) is 0 Å². The predicted octanol–water partition coefficient (Wildman–Crippen LogP) is 3.28. The second kappa shape index (κ2) is 5.78. The Bertz CT molecular complexity index is 672. The molecule has 1 fully saturated rings. The van der Waals surface area contributed by atoms with Gasteiger partial charge in [-0.1, -0.05) is 0 Å². The number of aromatic nitrogens is 3. The first kappa shape index (κ1) is 14.4. The van der Waals surface area contributed by atoms with Gasteiger partial charge in [-0.15, -0.1) is 11.3 Å². The second-order valence-corrected chi connectivity index (χ2v) is 7.96. The number of imidazole rings is 1. The van der Waals surface area contributed by atoms with Gasteiger partial charge in [0.25, 0.3) is 0 Å². The van der Waals surface area contributed by atoms with Crippen LogP contribution in [0.4, 0.5) is 0 Å². The minimum atomic E-state index is 0.615. The van der Waals surface area contributed by atoms with Crippen molar-refractivity contribution >= 4 is 11.3 Å². The molecule has 1 saturated heterocycles. The molecular weight excluding hydrogens is 292 g/mol. The van der Waals surface area contributed by atoms with Crippen molar-refractivity contribution in [3.05, 3.63) is 33.3 Å². The molecule has 1 aliphatic heterocycles. The quantitative estimate of drug-likeness (QED) is 0.871. The molecule has 0 saturated carbocycles. The van der Waals surface area contributed by atoms with Crippen molar-refractivity contribution in [1.82, 2.24) is 19.4 Å². The number of hydrogen-bond acceptors (Lipinski definition) is 4. The average molecular weight is 316 g/mol. The summed E-state index contributed by atoms with van der Waals surface area (Å²) in [6, 6.07) is 0.615. The van der Waals surface area contributed by atoms with Crippen molar-refractivity contribution in [2.75, 3.05) is 13.1 Å². The van der Waals surface area contributed by atoms with Gasteiger partial charge in [0.1, 0.15) is 0 Å². The third kappa shape index (κ3) is 2.61. The number of nitrogens with zero attached hydrogens (tertiary/aromatic N) is 4. The van der Waals surface area contributed by atoms with Crippen LogP contribution >= 0.6 is 11.3 Å². The highest BCUT2D eigenvalue weighted by molar-refractivity contribution is 7.11. The van der Waals surface area contributed by atoms with E-state index in [4.69, 9.17) is 0 Å². The van der Waals surface area contributed by atoms with E-state index >= 15 is 0 Å². The predicted molar refractivity (Wildman–Crippen MR) is 89.4 cm³/mol. The molecule has 0 radical (unpaired) electrons. The van der Waals surface area contributed by atoms with E-state index in [1.165, 1.54) is 65.6 Å². The topological polar surface area (TPSA) is 34.0 Å². The number of aryl methyl sites for hydroxylation is 3. The molecule has 3 heterocycles. The lowest BCUT2D eigenvalue weighted by molar-refractivity contribution is 0.316. The maximum atomic E-state index is 4.66. The lowest BCUT2D eigenvalue weighted by atomic mass is 10.0. The third-order valence-electron chi connectivity index (χ3n) is 5.07. The van der Waals surface area contributed by atoms with E-state index in [0.717, 1.165) is 13.1 Å². The van der Waals surface area contributed by atoms with Crippen LogP contribution in [-0.4, -0.2) is 32.5 Å². The zero-order valence-corrected chi connectivity index (χ0v) is 14.3. The fourth-order valence-electron chi connectivity index (χ4n) is 3.91. The molecule has 118 valence electrons. The lowest BCUT2D eigenvalue weighted by Gasteiger charge is -2.20. The Hall–Kier alpha value is -1.20. The first-order valence-corrected chi connectivity index (χ1v) is 9.22. The van der Waals surface area contributed by atoms with Gasteiger partial charge in [-0.25, -0.2) is 9.97 Å². The molecule has 0 N–H and O–H groups in total. The van der Waals surface area contributed by atoms with Crippen LogP contribution in [0.3, 0.4) is 0 Å². The van der Waals surface area contributed by atoms with Crippen LogP contribution in [0.1, 0.15) is 52.3 Å². The third-order valence-corrected chi connectivity index (χ3v) is 6.13. The summed E-state index contributed by atoms with van der Waals surface area (Å²) >= 11 is 1.85. The fraction of sp³-hybridized carbons (Fsp3) is 0.647. The highest BCUT2D eigenvalue weighted by atomic mass is 32.1. The molecule has 1 aliphatic carbocycles. The van der Waals surface area contributed by atoms with Crippen molar-refractivity contribution in [1.29, 1.82) is 0 Å². The molecule has 0 amide bonds. The minimum absolute atomic E-state index is 0.615. The number of fused-ring (bicyclic) bond motifs is 1. The van der Waals surface area contributed by atoms with E-state index in [9.17, 15) is 0 Å². The Balaban J connectivity index is 1.46. The number of rotatable bonds is 3. The summed E-state index contributed by atoms with van der Waals surface area (Å²) in [4.78, 5) is 13.2. The second-order valence-electron chi connectivity index (χ2n) is 6.67. The monoisotopic (exact) mass is 316 g/mol. The SMILES string of the molecule is Cc1nc(C)c(CN2CCC(n3cnc4c3CCCC4)C2)s1. The van der Waals surface area contributed by atoms with Crippen LogP contribution < -0.4 is 0 Å². The Morgan fingerprint density at radius 1 is 1.27 bits per heavy atom. The summed E-state index contributed by atoms with van der Waals surface area (Å²) < 4.78 is 2.49. The van der Waals surface area contributed by atoms with Crippen LogP contribution in [0, 0.1) is 13.8 Å². The van der Waals surface area contributed by atoms with Crippen LogP contribution in [-0.2, 0) is 19.4 Å². The van der Waals surface area contributed by atoms with Crippen molar-refractivity contribution in [2.45, 2.75) is 58.5 Å². The maximum absolute atomic E-state index is 4.66. The van der Waals surface area contributed by atoms with Gasteiger partial charge in [-0.3, -0.25) is 4.90 Å². The number of likely N-dealkylation sites (tertiary alicyclic amines) is 1. The Morgan fingerprint density at radius 2 is 2.14 bits per heavy atom. The van der Waals surface area contributed by atoms with Gasteiger partial charge in [0.15, 0.2) is 0 Å². The van der Waals surface area contributed by atoms with Gasteiger partial charge in [0.2, 0.25) is 0 Å². The first-order chi connectivity index (χ1) is 10.7. The zero-order chi connectivity index (χ0) is 15.1. The summed E-state index contributed by atoms with van der Waals surface area (Å²) in [5, 5.41) is 1.19. The van der Waals surface area contributed by atoms with E-state index in [2.05, 4.69) is 39.6 Å². The van der Waals surface area contributed by atoms with E-state index in [1.54, 1.807) is 0 Å². The van der Waals surface area contributed by atoms with E-state index < -0.39 is 0 Å². The Kier molecular flexibility index (Phi) is 3.78. The summed E-state index contributed by atoms with van der Waals surface area (Å²) in [5.74, 6) is 0. The number of hydrogen-bond donors (Lipinski definition) is 0. The molecule has 0 bridgehead atoms. The molecular formula is C17H24N4S. The summed E-state index contributed by atoms with van der Waals surface area (Å²) in [5.41, 5.74) is 4.09. The number of thiazole rings is 1. The summed E-state index contributed by atoms with van der Waals surface area (Å²) in [6.45, 7) is 7.64. The molecule has 5 heteroatoms. The van der Waals surface area contributed by atoms with E-state index in [0.29, 0.717) is 6.04 Å². The van der Waals surface area contributed by atoms with Crippen molar-refractivity contribution in [2.24, 2.45) is 0 Å². The van der Waals surface area contributed by atoms with Crippen LogP contribution in [0.25, 0.3) is 0 Å². The molecule has 1 unspecified atom stereocenters. The normalized spacial score (nSPS) is 22.2. The first-order valence-electron chi connectivity index (χ1n) is 8.40. The van der Waals surface area contributed by atoms with Crippen LogP contribution in [0.5, 0.6) is 0 Å². The lowest BCUT2D eigenvalue weighted by Crippen LogP contribution is -2.22. The summed E-state index contributed by atoms with van der Waals surface area (Å²) in [6.07, 6.45) is 8.39. The van der Waals surface area contributed by atoms with E-state index in [-0.39, 0.29) is 0 Å². The molecule has 4 nitrogen and oxygen atoms in total. The van der Waals surface area contributed by atoms with Gasteiger partial charge in [-0.2, -0.15) is 0 Å². The average Bonchev–Trinajstić information content (AvgIpc) is 3.18. The maximum Gasteiger partial charge on any atom is 0.0954 e. The Morgan fingerprint density at radius 3 is 2.95 bits per heavy atom. The molecule has 2 aromatic rings. The standard InChI is InChI=1S/C17H24N4S/c1-12-17(22-13(2)19-12)10-20-8-7-14(9-20)21-11-18-15-5-3-4-6-16(15)21/h11,14H,3-10H2,1-2H3. The molecule has 0 aromatic carbocycles. The summed E-state index contributed by atoms with van der Waals surface area (Å²) in [7, 11) is 0.